The molecular weight excluding hydrogens is 492 g/mol. The summed E-state index contributed by atoms with van der Waals surface area (Å²) in [5.74, 6) is -2.56. The number of carbonyl (C=O) groups is 4. The van der Waals surface area contributed by atoms with E-state index in [9.17, 15) is 9.59 Å². The number of aliphatic carboxylic acids is 2. The molecule has 1 saturated heterocycles. The van der Waals surface area contributed by atoms with Crippen molar-refractivity contribution < 1.29 is 38.9 Å². The standard InChI is InChI=1S/C11H15BrN4O4.2C2H4O2.C2H6.C2H2/c1-5(17)19-4-6-2-3-7(20-6)16-9(13)8(10(14)18)15-11(16)12;2*1-2(3)4;2*1-2/h6-7H,2-4,13H2,1H3,(H2,14,18);2*1H3,(H,3,4);1-2H3;1-2H/t6-,7+;;;;/m0..../s1. The molecule has 13 heteroatoms. The number of anilines is 1. The first-order valence-corrected chi connectivity index (χ1v) is 10.00. The molecule has 0 radical (unpaired) electrons. The number of nitrogens with zero attached hydrogens (tertiary/aromatic N) is 2. The third-order valence-corrected chi connectivity index (χ3v) is 3.54. The predicted octanol–water partition coefficient (Wildman–Crippen LogP) is 2.02. The van der Waals surface area contributed by atoms with Gasteiger partial charge in [-0.3, -0.25) is 23.7 Å². The number of amides is 1. The first kappa shape index (κ1) is 33.5. The zero-order chi connectivity index (χ0) is 26.0. The molecule has 1 aromatic rings. The van der Waals surface area contributed by atoms with Gasteiger partial charge in [-0.2, -0.15) is 0 Å². The molecule has 2 heterocycles. The van der Waals surface area contributed by atoms with Crippen LogP contribution in [0.5, 0.6) is 0 Å². The second-order valence-electron chi connectivity index (χ2n) is 5.48. The summed E-state index contributed by atoms with van der Waals surface area (Å²) in [5.41, 5.74) is 11.1. The van der Waals surface area contributed by atoms with Gasteiger partial charge in [-0.15, -0.1) is 12.8 Å². The van der Waals surface area contributed by atoms with Crippen LogP contribution in [0, 0.1) is 12.8 Å². The van der Waals surface area contributed by atoms with Gasteiger partial charge in [0.25, 0.3) is 17.8 Å². The van der Waals surface area contributed by atoms with Crippen LogP contribution in [0.15, 0.2) is 4.73 Å². The van der Waals surface area contributed by atoms with E-state index in [-0.39, 0.29) is 36.4 Å². The molecule has 6 N–H and O–H groups in total. The fourth-order valence-corrected chi connectivity index (χ4v) is 2.68. The van der Waals surface area contributed by atoms with Crippen molar-refractivity contribution in [3.63, 3.8) is 0 Å². The molecule has 2 rings (SSSR count). The Kier molecular flexibility index (Phi) is 19.5. The van der Waals surface area contributed by atoms with Gasteiger partial charge in [-0.25, -0.2) is 4.98 Å². The van der Waals surface area contributed by atoms with Crippen LogP contribution < -0.4 is 11.5 Å². The number of carboxylic acids is 2. The fraction of sp³-hybridized carbons (Fsp3) is 0.526. The first-order chi connectivity index (χ1) is 14.9. The summed E-state index contributed by atoms with van der Waals surface area (Å²) in [5, 5.41) is 14.8. The quantitative estimate of drug-likeness (QED) is 0.335. The molecule has 0 saturated carbocycles. The van der Waals surface area contributed by atoms with E-state index in [0.29, 0.717) is 17.6 Å². The van der Waals surface area contributed by atoms with Crippen molar-refractivity contribution in [3.05, 3.63) is 10.4 Å². The van der Waals surface area contributed by atoms with Gasteiger partial charge < -0.3 is 31.2 Å². The highest BCUT2D eigenvalue weighted by Gasteiger charge is 2.31. The number of imidazole rings is 1. The van der Waals surface area contributed by atoms with E-state index in [1.807, 2.05) is 13.8 Å². The molecule has 1 amide bonds. The minimum Gasteiger partial charge on any atom is -0.481 e. The SMILES string of the molecule is C#C.CC.CC(=O)O.CC(=O)O.CC(=O)OC[C@@H]1CC[C@H](n2c(Br)nc(C(N)=O)c2N)O1. The van der Waals surface area contributed by atoms with E-state index >= 15 is 0 Å². The Morgan fingerprint density at radius 2 is 1.59 bits per heavy atom. The van der Waals surface area contributed by atoms with E-state index in [0.717, 1.165) is 13.8 Å². The lowest BCUT2D eigenvalue weighted by molar-refractivity contribution is -0.145. The summed E-state index contributed by atoms with van der Waals surface area (Å²) in [7, 11) is 0. The Morgan fingerprint density at radius 3 is 1.94 bits per heavy atom. The summed E-state index contributed by atoms with van der Waals surface area (Å²) in [4.78, 5) is 43.9. The molecule has 0 spiro atoms. The number of hydrogen-bond acceptors (Lipinski definition) is 8. The number of terminal acetylenes is 1. The Morgan fingerprint density at radius 1 is 1.16 bits per heavy atom. The molecule has 1 fully saturated rings. The van der Waals surface area contributed by atoms with E-state index in [4.69, 9.17) is 40.7 Å². The van der Waals surface area contributed by atoms with Crippen LogP contribution in [0.2, 0.25) is 0 Å². The maximum Gasteiger partial charge on any atom is 0.302 e. The van der Waals surface area contributed by atoms with E-state index in [2.05, 4.69) is 33.8 Å². The molecule has 32 heavy (non-hydrogen) atoms. The lowest BCUT2D eigenvalue weighted by Crippen LogP contribution is -2.19. The number of aromatic nitrogens is 2. The molecule has 1 aliphatic rings. The number of ether oxygens (including phenoxy) is 2. The van der Waals surface area contributed by atoms with Crippen molar-refractivity contribution in [1.82, 2.24) is 9.55 Å². The number of rotatable bonds is 4. The number of primary amides is 1. The van der Waals surface area contributed by atoms with Gasteiger partial charge in [0.2, 0.25) is 0 Å². The van der Waals surface area contributed by atoms with Gasteiger partial charge in [0.1, 0.15) is 18.7 Å². The number of nitrogens with two attached hydrogens (primary N) is 2. The zero-order valence-electron chi connectivity index (χ0n) is 18.7. The van der Waals surface area contributed by atoms with Gasteiger partial charge in [0.05, 0.1) is 6.10 Å². The second kappa shape index (κ2) is 18.6. The highest BCUT2D eigenvalue weighted by molar-refractivity contribution is 9.10. The lowest BCUT2D eigenvalue weighted by atomic mass is 10.2. The van der Waals surface area contributed by atoms with Crippen LogP contribution in [0.4, 0.5) is 5.82 Å². The van der Waals surface area contributed by atoms with Gasteiger partial charge in [-0.1, -0.05) is 13.8 Å². The number of carboxylic acid groups (broad SMARTS) is 2. The van der Waals surface area contributed by atoms with Crippen LogP contribution in [0.1, 0.15) is 64.2 Å². The van der Waals surface area contributed by atoms with Gasteiger partial charge >= 0.3 is 5.97 Å². The molecule has 182 valence electrons. The lowest BCUT2D eigenvalue weighted by Gasteiger charge is -2.16. The maximum absolute atomic E-state index is 11.2. The second-order valence-corrected chi connectivity index (χ2v) is 6.19. The third kappa shape index (κ3) is 14.8. The summed E-state index contributed by atoms with van der Waals surface area (Å²) in [6.45, 7) is 7.71. The van der Waals surface area contributed by atoms with E-state index in [1.54, 1.807) is 4.57 Å². The fourth-order valence-electron chi connectivity index (χ4n) is 2.08. The van der Waals surface area contributed by atoms with Crippen LogP contribution in [-0.2, 0) is 23.9 Å². The van der Waals surface area contributed by atoms with Crippen molar-refractivity contribution in [2.75, 3.05) is 12.3 Å². The van der Waals surface area contributed by atoms with Crippen molar-refractivity contribution in [3.8, 4) is 12.8 Å². The van der Waals surface area contributed by atoms with Gasteiger partial charge in [0.15, 0.2) is 10.4 Å². The topological polar surface area (TPSA) is 197 Å². The summed E-state index contributed by atoms with van der Waals surface area (Å²) in [6.07, 6.45) is 8.82. The largest absolute Gasteiger partial charge is 0.481 e. The Bertz CT molecular complexity index is 744. The summed E-state index contributed by atoms with van der Waals surface area (Å²) >= 11 is 3.23. The number of halogens is 1. The molecular formula is C19H31BrN4O8. The van der Waals surface area contributed by atoms with Crippen molar-refractivity contribution in [2.45, 2.75) is 59.8 Å². The normalized spacial score (nSPS) is 15.5. The van der Waals surface area contributed by atoms with Gasteiger partial charge in [0, 0.05) is 20.8 Å². The predicted molar refractivity (Wildman–Crippen MR) is 120 cm³/mol. The zero-order valence-corrected chi connectivity index (χ0v) is 20.3. The average Bonchev–Trinajstić information content (AvgIpc) is 3.26. The average molecular weight is 523 g/mol. The molecule has 0 aliphatic carbocycles. The Balaban J connectivity index is -0.000000589. The third-order valence-electron chi connectivity index (χ3n) is 2.98. The van der Waals surface area contributed by atoms with Crippen LogP contribution in [0.25, 0.3) is 0 Å². The molecule has 0 bridgehead atoms. The number of esters is 1. The Hall–Kier alpha value is -3.11. The van der Waals surface area contributed by atoms with Crippen LogP contribution >= 0.6 is 15.9 Å². The van der Waals surface area contributed by atoms with Crippen molar-refractivity contribution in [1.29, 1.82) is 0 Å². The molecule has 1 aromatic heterocycles. The smallest absolute Gasteiger partial charge is 0.302 e. The van der Waals surface area contributed by atoms with Gasteiger partial charge in [-0.05, 0) is 28.8 Å². The van der Waals surface area contributed by atoms with Crippen LogP contribution in [-0.4, -0.2) is 56.3 Å². The van der Waals surface area contributed by atoms with E-state index in [1.165, 1.54) is 6.92 Å². The first-order valence-electron chi connectivity index (χ1n) is 9.20. The molecule has 12 nitrogen and oxygen atoms in total. The number of carbonyl (C=O) groups excluding carboxylic acids is 2. The molecule has 2 atom stereocenters. The highest BCUT2D eigenvalue weighted by Crippen LogP contribution is 2.34. The monoisotopic (exact) mass is 522 g/mol. The maximum atomic E-state index is 11.2. The highest BCUT2D eigenvalue weighted by atomic mass is 79.9. The minimum absolute atomic E-state index is 0.00362. The molecule has 0 unspecified atom stereocenters. The summed E-state index contributed by atoms with van der Waals surface area (Å²) < 4.78 is 12.6. The van der Waals surface area contributed by atoms with Crippen LogP contribution in [0.3, 0.4) is 0 Å². The number of nitrogen functional groups attached to an aromatic ring is 1. The Labute approximate surface area is 195 Å². The molecule has 0 aromatic carbocycles. The van der Waals surface area contributed by atoms with E-state index < -0.39 is 17.8 Å². The van der Waals surface area contributed by atoms with Crippen molar-refractivity contribution in [2.24, 2.45) is 5.73 Å². The summed E-state index contributed by atoms with van der Waals surface area (Å²) in [6, 6.07) is 0. The minimum atomic E-state index is -0.833. The van der Waals surface area contributed by atoms with Crippen molar-refractivity contribution >= 4 is 45.6 Å². The molecule has 1 aliphatic heterocycles. The number of hydrogen-bond donors (Lipinski definition) is 4.